The van der Waals surface area contributed by atoms with Crippen molar-refractivity contribution >= 4 is 39.1 Å². The van der Waals surface area contributed by atoms with Gasteiger partial charge in [-0.2, -0.15) is 9.97 Å². The van der Waals surface area contributed by atoms with Gasteiger partial charge in [0.2, 0.25) is 6.54 Å². The molecule has 40 heavy (non-hydrogen) atoms. The number of likely N-dealkylation sites (N-methyl/N-ethyl adjacent to an activating group) is 1. The highest BCUT2D eigenvalue weighted by atomic mass is 35.5. The number of fused-ring (bicyclic) bond motifs is 2. The van der Waals surface area contributed by atoms with Gasteiger partial charge in [-0.3, -0.25) is 9.88 Å². The van der Waals surface area contributed by atoms with E-state index in [1.165, 1.54) is 0 Å². The van der Waals surface area contributed by atoms with Crippen molar-refractivity contribution in [2.75, 3.05) is 44.7 Å². The summed E-state index contributed by atoms with van der Waals surface area (Å²) >= 11 is 6.55. The zero-order valence-corrected chi connectivity index (χ0v) is 22.9. The average Bonchev–Trinajstić information content (AvgIpc) is 3.28. The maximum Gasteiger partial charge on any atom is 0.319 e. The van der Waals surface area contributed by atoms with Crippen LogP contribution in [0.5, 0.6) is 6.01 Å². The normalized spacial score (nSPS) is 21.7. The Balaban J connectivity index is 1.46. The number of alkyl halides is 1. The van der Waals surface area contributed by atoms with E-state index in [1.54, 1.807) is 18.3 Å². The number of nitrogens with zero attached hydrogens (tertiary/aromatic N) is 6. The summed E-state index contributed by atoms with van der Waals surface area (Å²) < 4.78 is 36.4. The minimum atomic E-state index is -0.905. The molecule has 2 aromatic heterocycles. The van der Waals surface area contributed by atoms with Crippen molar-refractivity contribution in [3.63, 3.8) is 0 Å². The number of ether oxygens (including phenoxy) is 1. The monoisotopic (exact) mass is 562 g/mol. The molecule has 0 radical (unpaired) electrons. The van der Waals surface area contributed by atoms with Crippen molar-refractivity contribution in [3.05, 3.63) is 64.9 Å². The van der Waals surface area contributed by atoms with Crippen LogP contribution < -0.4 is 9.64 Å². The number of benzene rings is 2. The first-order chi connectivity index (χ1) is 19.4. The van der Waals surface area contributed by atoms with E-state index < -0.39 is 12.0 Å². The van der Waals surface area contributed by atoms with Crippen LogP contribution in [0.25, 0.3) is 37.8 Å². The van der Waals surface area contributed by atoms with Crippen molar-refractivity contribution in [2.24, 2.45) is 5.92 Å². The third-order valence-corrected chi connectivity index (χ3v) is 8.28. The number of halogens is 3. The summed E-state index contributed by atoms with van der Waals surface area (Å²) in [6.45, 7) is 9.64. The van der Waals surface area contributed by atoms with Crippen LogP contribution in [0.15, 0.2) is 42.6 Å². The zero-order valence-electron chi connectivity index (χ0n) is 22.2. The number of piperidine rings is 1. The molecule has 0 spiro atoms. The van der Waals surface area contributed by atoms with Gasteiger partial charge >= 0.3 is 6.01 Å². The molecular formula is C30H29ClF2N6O. The SMILES string of the molecule is [C-]#[N+]C[C@@H]1CCCN(c2nc(OC[C@@H]3C[C@@H](F)CN3C)nc3c(F)c(-c4cccc5cccc(Cl)c45)ncc23)C1. The van der Waals surface area contributed by atoms with Gasteiger partial charge in [0.15, 0.2) is 5.82 Å². The van der Waals surface area contributed by atoms with E-state index in [0.29, 0.717) is 53.2 Å². The molecule has 0 N–H and O–H groups in total. The maximum atomic E-state index is 16.4. The zero-order chi connectivity index (χ0) is 27.8. The van der Waals surface area contributed by atoms with Crippen LogP contribution in [-0.2, 0) is 0 Å². The molecule has 0 saturated carbocycles. The standard InChI is InChI=1S/C30H29ClF2N6O/c1-34-13-18-6-5-11-39(15-18)29-23-14-35-27(22-9-3-7-19-8-4-10-24(31)25(19)22)26(33)28(23)36-30(37-29)40-17-21-12-20(32)16-38(21)2/h3-4,7-10,14,18,20-21H,5-6,11-13,15-17H2,2H3/t18-,20+,21-/m0/s1. The molecule has 10 heteroatoms. The van der Waals surface area contributed by atoms with Crippen LogP contribution in [0, 0.1) is 18.3 Å². The van der Waals surface area contributed by atoms with Gasteiger partial charge in [-0.05, 0) is 37.8 Å². The van der Waals surface area contributed by atoms with Crippen LogP contribution in [0.2, 0.25) is 5.02 Å². The van der Waals surface area contributed by atoms with Gasteiger partial charge in [0.1, 0.15) is 29.8 Å². The van der Waals surface area contributed by atoms with E-state index in [-0.39, 0.29) is 35.8 Å². The molecule has 0 amide bonds. The largest absolute Gasteiger partial charge is 0.462 e. The second-order valence-electron chi connectivity index (χ2n) is 10.7. The Labute approximate surface area is 236 Å². The molecular weight excluding hydrogens is 534 g/mol. The highest BCUT2D eigenvalue weighted by Crippen LogP contribution is 2.38. The molecule has 4 heterocycles. The summed E-state index contributed by atoms with van der Waals surface area (Å²) in [5, 5.41) is 2.58. The third-order valence-electron chi connectivity index (χ3n) is 7.96. The lowest BCUT2D eigenvalue weighted by atomic mass is 9.98. The van der Waals surface area contributed by atoms with E-state index >= 15 is 4.39 Å². The predicted octanol–water partition coefficient (Wildman–Crippen LogP) is 6.19. The molecule has 3 atom stereocenters. The molecule has 2 fully saturated rings. The maximum absolute atomic E-state index is 16.4. The first kappa shape index (κ1) is 26.6. The number of hydrogen-bond acceptors (Lipinski definition) is 6. The lowest BCUT2D eigenvalue weighted by Crippen LogP contribution is -2.37. The molecule has 0 bridgehead atoms. The second kappa shape index (κ2) is 11.1. The van der Waals surface area contributed by atoms with E-state index in [2.05, 4.69) is 19.7 Å². The number of hydrogen-bond donors (Lipinski definition) is 0. The molecule has 0 aliphatic carbocycles. The van der Waals surface area contributed by atoms with Gasteiger partial charge in [0.05, 0.1) is 5.39 Å². The number of aromatic nitrogens is 3. The first-order valence-corrected chi connectivity index (χ1v) is 13.9. The van der Waals surface area contributed by atoms with Crippen LogP contribution in [0.3, 0.4) is 0 Å². The minimum Gasteiger partial charge on any atom is -0.462 e. The van der Waals surface area contributed by atoms with Crippen LogP contribution in [0.4, 0.5) is 14.6 Å². The van der Waals surface area contributed by atoms with Crippen molar-refractivity contribution in [2.45, 2.75) is 31.5 Å². The smallest absolute Gasteiger partial charge is 0.319 e. The molecule has 2 saturated heterocycles. The van der Waals surface area contributed by atoms with Crippen LogP contribution in [0.1, 0.15) is 19.3 Å². The van der Waals surface area contributed by atoms with Crippen molar-refractivity contribution in [1.82, 2.24) is 19.9 Å². The van der Waals surface area contributed by atoms with E-state index in [4.69, 9.17) is 27.9 Å². The number of pyridine rings is 1. The summed E-state index contributed by atoms with van der Waals surface area (Å²) in [4.78, 5) is 21.4. The summed E-state index contributed by atoms with van der Waals surface area (Å²) in [5.74, 6) is 0.144. The Morgan fingerprint density at radius 2 is 2.00 bits per heavy atom. The Kier molecular flexibility index (Phi) is 7.39. The number of likely N-dealkylation sites (tertiary alicyclic amines) is 1. The van der Waals surface area contributed by atoms with Gasteiger partial charge in [-0.15, -0.1) is 0 Å². The highest BCUT2D eigenvalue weighted by molar-refractivity contribution is 6.36. The van der Waals surface area contributed by atoms with E-state index in [0.717, 1.165) is 24.8 Å². The Hall–Kier alpha value is -3.61. The van der Waals surface area contributed by atoms with Gasteiger partial charge in [-0.1, -0.05) is 41.9 Å². The fourth-order valence-corrected chi connectivity index (χ4v) is 6.20. The number of rotatable bonds is 6. The summed E-state index contributed by atoms with van der Waals surface area (Å²) in [7, 11) is 1.86. The fraction of sp³-hybridized carbons (Fsp3) is 0.400. The van der Waals surface area contributed by atoms with Crippen molar-refractivity contribution in [1.29, 1.82) is 0 Å². The minimum absolute atomic E-state index is 0.0394. The predicted molar refractivity (Wildman–Crippen MR) is 153 cm³/mol. The molecule has 2 aliphatic rings. The van der Waals surface area contributed by atoms with Crippen molar-refractivity contribution < 1.29 is 13.5 Å². The molecule has 206 valence electrons. The summed E-state index contributed by atoms with van der Waals surface area (Å²) in [6, 6.07) is 11.0. The molecule has 0 unspecified atom stereocenters. The Morgan fingerprint density at radius 3 is 2.77 bits per heavy atom. The molecule has 4 aromatic rings. The van der Waals surface area contributed by atoms with Crippen LogP contribution >= 0.6 is 11.6 Å². The fourth-order valence-electron chi connectivity index (χ4n) is 5.92. The van der Waals surface area contributed by atoms with Gasteiger partial charge in [0.25, 0.3) is 0 Å². The van der Waals surface area contributed by atoms with Gasteiger partial charge < -0.3 is 14.5 Å². The summed E-state index contributed by atoms with van der Waals surface area (Å²) in [5.41, 5.74) is 0.813. The lowest BCUT2D eigenvalue weighted by molar-refractivity contribution is 0.188. The average molecular weight is 563 g/mol. The quantitative estimate of drug-likeness (QED) is 0.261. The Morgan fingerprint density at radius 1 is 1.18 bits per heavy atom. The topological polar surface area (TPSA) is 58.7 Å². The van der Waals surface area contributed by atoms with Crippen molar-refractivity contribution in [3.8, 4) is 17.3 Å². The number of anilines is 1. The molecule has 2 aliphatic heterocycles. The molecule has 2 aromatic carbocycles. The third kappa shape index (κ3) is 5.02. The van der Waals surface area contributed by atoms with Gasteiger partial charge in [0, 0.05) is 53.8 Å². The lowest BCUT2D eigenvalue weighted by Gasteiger charge is -2.32. The second-order valence-corrected chi connectivity index (χ2v) is 11.1. The first-order valence-electron chi connectivity index (χ1n) is 13.5. The van der Waals surface area contributed by atoms with Crippen LogP contribution in [-0.4, -0.2) is 71.9 Å². The molecule has 7 nitrogen and oxygen atoms in total. The summed E-state index contributed by atoms with van der Waals surface area (Å²) in [6.07, 6.45) is 2.93. The van der Waals surface area contributed by atoms with E-state index in [9.17, 15) is 4.39 Å². The molecule has 6 rings (SSSR count). The van der Waals surface area contributed by atoms with E-state index in [1.807, 2.05) is 36.2 Å². The highest BCUT2D eigenvalue weighted by Gasteiger charge is 2.31. The Bertz CT molecular complexity index is 1610. The van der Waals surface area contributed by atoms with Gasteiger partial charge in [-0.25, -0.2) is 15.4 Å².